The number of carbonyl (C=O) groups excluding carboxylic acids is 1. The fourth-order valence-electron chi connectivity index (χ4n) is 7.10. The van der Waals surface area contributed by atoms with Gasteiger partial charge >= 0.3 is 16.4 Å². The molecule has 0 aromatic heterocycles. The summed E-state index contributed by atoms with van der Waals surface area (Å²) in [6, 6.07) is 0. The number of aliphatic hydroxyl groups is 3. The number of esters is 1. The molecule has 0 saturated carbocycles. The predicted octanol–water partition coefficient (Wildman–Crippen LogP) is 11.1. The smallest absolute Gasteiger partial charge is 0.397 e. The van der Waals surface area contributed by atoms with E-state index >= 15 is 0 Å². The summed E-state index contributed by atoms with van der Waals surface area (Å²) < 4.78 is 59.2. The van der Waals surface area contributed by atoms with Gasteiger partial charge in [-0.15, -0.1) is 0 Å². The number of aliphatic hydroxyl groups excluding tert-OH is 3. The van der Waals surface area contributed by atoms with Gasteiger partial charge in [0, 0.05) is 13.0 Å². The highest BCUT2D eigenvalue weighted by Gasteiger charge is 2.48. The normalized spacial score (nSPS) is 20.4. The van der Waals surface area contributed by atoms with Crippen molar-refractivity contribution in [2.45, 2.75) is 218 Å². The van der Waals surface area contributed by atoms with E-state index in [-0.39, 0.29) is 19.6 Å². The number of hydrogen-bond donors (Lipinski definition) is 4. The number of hydrogen-bond acceptors (Lipinski definition) is 11. The number of rotatable bonds is 42. The van der Waals surface area contributed by atoms with E-state index in [9.17, 15) is 33.1 Å². The van der Waals surface area contributed by atoms with Crippen LogP contribution in [0.5, 0.6) is 0 Å². The molecular formula is C51H88O12S. The van der Waals surface area contributed by atoms with E-state index in [4.69, 9.17) is 18.9 Å². The molecule has 0 amide bonds. The van der Waals surface area contributed by atoms with E-state index < -0.39 is 59.8 Å². The lowest BCUT2D eigenvalue weighted by Gasteiger charge is -2.41. The maximum absolute atomic E-state index is 12.9. The third kappa shape index (κ3) is 34.8. The molecule has 1 rings (SSSR count). The van der Waals surface area contributed by atoms with Gasteiger partial charge in [-0.05, 0) is 83.5 Å². The van der Waals surface area contributed by atoms with E-state index in [0.717, 1.165) is 89.9 Å². The van der Waals surface area contributed by atoms with Crippen LogP contribution in [0.25, 0.3) is 0 Å². The number of unbranched alkanes of at least 4 members (excludes halogenated alkanes) is 17. The fourth-order valence-corrected chi connectivity index (χ4v) is 7.61. The first-order valence-corrected chi connectivity index (χ1v) is 26.1. The van der Waals surface area contributed by atoms with Crippen LogP contribution < -0.4 is 0 Å². The SMILES string of the molecule is CC/C=C\C/C=C\C/C=C\C/C=C\C/C=C\CCCCCCOCC(COC1OC(CO)C(O)C(OS(=O)(=O)O)C1O)OC(=O)CCCCCCCCC/C=C\CCCCCCCC. The van der Waals surface area contributed by atoms with Gasteiger partial charge in [-0.1, -0.05) is 164 Å². The molecule has 0 aliphatic carbocycles. The Balaban J connectivity index is 2.42. The summed E-state index contributed by atoms with van der Waals surface area (Å²) in [4.78, 5) is 12.9. The molecule has 4 N–H and O–H groups in total. The molecule has 0 aromatic rings. The van der Waals surface area contributed by atoms with Crippen LogP contribution >= 0.6 is 0 Å². The van der Waals surface area contributed by atoms with Gasteiger partial charge in [-0.3, -0.25) is 9.35 Å². The summed E-state index contributed by atoms with van der Waals surface area (Å²) in [5, 5.41) is 30.7. The summed E-state index contributed by atoms with van der Waals surface area (Å²) in [5.41, 5.74) is 0. The van der Waals surface area contributed by atoms with Crippen LogP contribution in [-0.2, 0) is 38.3 Å². The third-order valence-corrected chi connectivity index (χ3v) is 11.3. The molecular weight excluding hydrogens is 837 g/mol. The van der Waals surface area contributed by atoms with Crippen LogP contribution in [-0.4, -0.2) is 97.5 Å². The third-order valence-electron chi connectivity index (χ3n) is 10.8. The minimum Gasteiger partial charge on any atom is -0.457 e. The van der Waals surface area contributed by atoms with Gasteiger partial charge < -0.3 is 34.3 Å². The minimum atomic E-state index is -5.07. The molecule has 0 spiro atoms. The Morgan fingerprint density at radius 1 is 0.609 bits per heavy atom. The Morgan fingerprint density at radius 3 is 1.59 bits per heavy atom. The Bertz CT molecular complexity index is 1390. The van der Waals surface area contributed by atoms with Gasteiger partial charge in [0.15, 0.2) is 6.29 Å². The second kappa shape index (κ2) is 41.9. The van der Waals surface area contributed by atoms with Crippen molar-refractivity contribution in [1.82, 2.24) is 0 Å². The lowest BCUT2D eigenvalue weighted by atomic mass is 9.99. The molecule has 1 aliphatic rings. The van der Waals surface area contributed by atoms with Gasteiger partial charge in [0.1, 0.15) is 30.5 Å². The topological polar surface area (TPSA) is 178 Å². The standard InChI is InChI=1S/C51H88O12S/c1-3-5-7-9-11-13-15-17-19-21-22-23-25-27-29-31-33-35-37-39-41-59-43-45(44-60-51-49(55)50(63-64(56,57)58)48(54)46(42-52)62-51)61-47(53)40-38-36-34-32-30-28-26-24-20-18-16-14-12-10-8-6-4-2/h5,7,11,13,17-20,22-23,27,29,45-46,48-52,54-55H,3-4,6,8-10,12,14-16,21,24-26,28,30-44H2,1-2H3,(H,56,57,58)/b7-5-,13-11-,19-17-,20-18-,23-22-,29-27-. The molecule has 1 aliphatic heterocycles. The van der Waals surface area contributed by atoms with E-state index in [0.29, 0.717) is 13.0 Å². The average Bonchev–Trinajstić information content (AvgIpc) is 3.27. The molecule has 12 nitrogen and oxygen atoms in total. The summed E-state index contributed by atoms with van der Waals surface area (Å²) in [6.45, 7) is 3.80. The quantitative estimate of drug-likeness (QED) is 0.0197. The lowest BCUT2D eigenvalue weighted by molar-refractivity contribution is -0.301. The lowest BCUT2D eigenvalue weighted by Crippen LogP contribution is -2.60. The number of ether oxygens (including phenoxy) is 4. The van der Waals surface area contributed by atoms with Crippen molar-refractivity contribution in [1.29, 1.82) is 0 Å². The summed E-state index contributed by atoms with van der Waals surface area (Å²) in [5.74, 6) is -0.415. The molecule has 370 valence electrons. The molecule has 1 heterocycles. The molecule has 6 atom stereocenters. The fraction of sp³-hybridized carbons (Fsp3) is 0.745. The van der Waals surface area contributed by atoms with Crippen LogP contribution in [0, 0.1) is 0 Å². The van der Waals surface area contributed by atoms with Crippen molar-refractivity contribution in [3.63, 3.8) is 0 Å². The number of allylic oxidation sites excluding steroid dienone is 12. The van der Waals surface area contributed by atoms with Crippen molar-refractivity contribution >= 4 is 16.4 Å². The van der Waals surface area contributed by atoms with Gasteiger partial charge in [0.2, 0.25) is 0 Å². The average molecular weight is 925 g/mol. The van der Waals surface area contributed by atoms with Crippen molar-refractivity contribution in [2.24, 2.45) is 0 Å². The highest BCUT2D eigenvalue weighted by Crippen LogP contribution is 2.26. The van der Waals surface area contributed by atoms with E-state index in [1.165, 1.54) is 64.2 Å². The van der Waals surface area contributed by atoms with Crippen LogP contribution in [0.2, 0.25) is 0 Å². The van der Waals surface area contributed by atoms with E-state index in [1.54, 1.807) is 0 Å². The van der Waals surface area contributed by atoms with Gasteiger partial charge in [0.25, 0.3) is 0 Å². The van der Waals surface area contributed by atoms with E-state index in [1.807, 2.05) is 0 Å². The van der Waals surface area contributed by atoms with Crippen LogP contribution in [0.1, 0.15) is 181 Å². The highest BCUT2D eigenvalue weighted by molar-refractivity contribution is 7.80. The second-order valence-corrected chi connectivity index (χ2v) is 17.7. The highest BCUT2D eigenvalue weighted by atomic mass is 32.3. The number of carbonyl (C=O) groups is 1. The summed E-state index contributed by atoms with van der Waals surface area (Å²) in [7, 11) is -5.07. The Hall–Kier alpha value is -2.46. The molecule has 0 radical (unpaired) electrons. The van der Waals surface area contributed by atoms with Crippen molar-refractivity contribution in [3.8, 4) is 0 Å². The van der Waals surface area contributed by atoms with Crippen molar-refractivity contribution in [2.75, 3.05) is 26.4 Å². The molecule has 1 fully saturated rings. The predicted molar refractivity (Wildman–Crippen MR) is 257 cm³/mol. The summed E-state index contributed by atoms with van der Waals surface area (Å²) >= 11 is 0. The molecule has 64 heavy (non-hydrogen) atoms. The first kappa shape index (κ1) is 59.6. The molecule has 1 saturated heterocycles. The molecule has 6 unspecified atom stereocenters. The maximum Gasteiger partial charge on any atom is 0.397 e. The zero-order valence-corrected chi connectivity index (χ0v) is 40.4. The molecule has 0 bridgehead atoms. The monoisotopic (exact) mass is 925 g/mol. The van der Waals surface area contributed by atoms with Crippen molar-refractivity contribution < 1.29 is 56.2 Å². The van der Waals surface area contributed by atoms with Gasteiger partial charge in [-0.2, -0.15) is 8.42 Å². The van der Waals surface area contributed by atoms with Crippen LogP contribution in [0.4, 0.5) is 0 Å². The Labute approximate surface area is 388 Å². The molecule has 13 heteroatoms. The van der Waals surface area contributed by atoms with Crippen LogP contribution in [0.3, 0.4) is 0 Å². The summed E-state index contributed by atoms with van der Waals surface area (Å²) in [6.07, 6.45) is 45.0. The molecule has 0 aromatic carbocycles. The first-order chi connectivity index (χ1) is 31.1. The zero-order chi connectivity index (χ0) is 46.8. The van der Waals surface area contributed by atoms with Crippen LogP contribution in [0.15, 0.2) is 72.9 Å². The maximum atomic E-state index is 12.9. The van der Waals surface area contributed by atoms with E-state index in [2.05, 4.69) is 90.9 Å². The first-order valence-electron chi connectivity index (χ1n) is 24.7. The Kier molecular flexibility index (Phi) is 39.0. The minimum absolute atomic E-state index is 0.0137. The zero-order valence-electron chi connectivity index (χ0n) is 39.6. The van der Waals surface area contributed by atoms with Crippen molar-refractivity contribution in [3.05, 3.63) is 72.9 Å². The Morgan fingerprint density at radius 2 is 1.08 bits per heavy atom. The van der Waals surface area contributed by atoms with Gasteiger partial charge in [0.05, 0.1) is 19.8 Å². The van der Waals surface area contributed by atoms with Gasteiger partial charge in [-0.25, -0.2) is 4.18 Å². The second-order valence-electron chi connectivity index (χ2n) is 16.7. The largest absolute Gasteiger partial charge is 0.457 e.